The van der Waals surface area contributed by atoms with Gasteiger partial charge in [0.15, 0.2) is 0 Å². The molecule has 2 bridgehead atoms. The summed E-state index contributed by atoms with van der Waals surface area (Å²) in [6.45, 7) is 3.71. The Hall–Kier alpha value is -1.55. The zero-order valence-corrected chi connectivity index (χ0v) is 11.4. The minimum atomic E-state index is 0.0277. The van der Waals surface area contributed by atoms with Crippen molar-refractivity contribution in [2.45, 2.75) is 38.3 Å². The number of aryl methyl sites for hydroxylation is 1. The highest BCUT2D eigenvalue weighted by molar-refractivity contribution is 5.89. The number of nitrogens with one attached hydrogen (secondary N) is 2. The first-order chi connectivity index (χ1) is 9.20. The number of carbonyl (C=O) groups excluding carboxylic acids is 1. The Kier molecular flexibility index (Phi) is 3.42. The fourth-order valence-electron chi connectivity index (χ4n) is 3.05. The van der Waals surface area contributed by atoms with E-state index in [4.69, 9.17) is 0 Å². The zero-order chi connectivity index (χ0) is 13.2. The van der Waals surface area contributed by atoms with Gasteiger partial charge in [0.25, 0.3) is 0 Å². The van der Waals surface area contributed by atoms with Crippen LogP contribution in [0.25, 0.3) is 0 Å². The third-order valence-electron chi connectivity index (χ3n) is 4.08. The van der Waals surface area contributed by atoms with Crippen molar-refractivity contribution >= 4 is 11.7 Å². The van der Waals surface area contributed by atoms with E-state index in [1.807, 2.05) is 36.1 Å². The molecule has 19 heavy (non-hydrogen) atoms. The second-order valence-electron chi connectivity index (χ2n) is 5.67. The van der Waals surface area contributed by atoms with Crippen molar-refractivity contribution in [1.29, 1.82) is 0 Å². The molecule has 2 fully saturated rings. The summed E-state index contributed by atoms with van der Waals surface area (Å²) >= 11 is 0. The summed E-state index contributed by atoms with van der Waals surface area (Å²) in [4.78, 5) is 14.2. The standard InChI is InChI=1S/C15H21N3O/c1-11-3-2-4-13(9-11)17-15(19)18-8-7-12-5-6-14(10-18)16-12/h2-4,9,12,14,16H,5-8,10H2,1H3,(H,17,19). The number of benzene rings is 1. The Balaban J connectivity index is 1.64. The van der Waals surface area contributed by atoms with Gasteiger partial charge in [-0.2, -0.15) is 0 Å². The summed E-state index contributed by atoms with van der Waals surface area (Å²) < 4.78 is 0. The number of hydrogen-bond acceptors (Lipinski definition) is 2. The molecule has 0 saturated carbocycles. The average Bonchev–Trinajstić information content (AvgIpc) is 2.68. The molecule has 1 aromatic rings. The molecule has 2 unspecified atom stereocenters. The lowest BCUT2D eigenvalue weighted by Crippen LogP contribution is -2.41. The third kappa shape index (κ3) is 2.89. The normalized spacial score (nSPS) is 26.1. The number of rotatable bonds is 1. The van der Waals surface area contributed by atoms with Crippen LogP contribution in [-0.4, -0.2) is 36.1 Å². The lowest BCUT2D eigenvalue weighted by molar-refractivity contribution is 0.208. The smallest absolute Gasteiger partial charge is 0.321 e. The van der Waals surface area contributed by atoms with Crippen molar-refractivity contribution in [3.05, 3.63) is 29.8 Å². The highest BCUT2D eigenvalue weighted by Gasteiger charge is 2.31. The molecule has 2 saturated heterocycles. The molecule has 4 heteroatoms. The summed E-state index contributed by atoms with van der Waals surface area (Å²) in [5.74, 6) is 0. The maximum atomic E-state index is 12.3. The predicted molar refractivity (Wildman–Crippen MR) is 76.3 cm³/mol. The molecule has 0 spiro atoms. The van der Waals surface area contributed by atoms with Gasteiger partial charge in [-0.3, -0.25) is 0 Å². The number of anilines is 1. The van der Waals surface area contributed by atoms with E-state index >= 15 is 0 Å². The lowest BCUT2D eigenvalue weighted by Gasteiger charge is -2.24. The summed E-state index contributed by atoms with van der Waals surface area (Å²) in [6.07, 6.45) is 3.52. The van der Waals surface area contributed by atoms with Crippen LogP contribution in [0.15, 0.2) is 24.3 Å². The molecule has 2 atom stereocenters. The zero-order valence-electron chi connectivity index (χ0n) is 11.4. The molecular weight excluding hydrogens is 238 g/mol. The van der Waals surface area contributed by atoms with Gasteiger partial charge in [-0.25, -0.2) is 4.79 Å². The van der Waals surface area contributed by atoms with E-state index in [0.29, 0.717) is 12.1 Å². The van der Waals surface area contributed by atoms with Gasteiger partial charge in [0.2, 0.25) is 0 Å². The lowest BCUT2D eigenvalue weighted by atomic mass is 10.1. The minimum absolute atomic E-state index is 0.0277. The SMILES string of the molecule is Cc1cccc(NC(=O)N2CCC3CCC(C2)N3)c1. The summed E-state index contributed by atoms with van der Waals surface area (Å²) in [7, 11) is 0. The molecule has 2 amide bonds. The number of hydrogen-bond donors (Lipinski definition) is 2. The van der Waals surface area contributed by atoms with Crippen LogP contribution in [0.4, 0.5) is 10.5 Å². The number of urea groups is 1. The quantitative estimate of drug-likeness (QED) is 0.813. The van der Waals surface area contributed by atoms with E-state index in [1.165, 1.54) is 12.8 Å². The van der Waals surface area contributed by atoms with Gasteiger partial charge in [0.05, 0.1) is 0 Å². The maximum Gasteiger partial charge on any atom is 0.321 e. The van der Waals surface area contributed by atoms with Crippen LogP contribution in [0.1, 0.15) is 24.8 Å². The monoisotopic (exact) mass is 259 g/mol. The van der Waals surface area contributed by atoms with Crippen LogP contribution >= 0.6 is 0 Å². The molecule has 2 aliphatic rings. The van der Waals surface area contributed by atoms with Crippen molar-refractivity contribution in [3.63, 3.8) is 0 Å². The van der Waals surface area contributed by atoms with Gasteiger partial charge in [-0.1, -0.05) is 12.1 Å². The Bertz CT molecular complexity index is 474. The van der Waals surface area contributed by atoms with Crippen LogP contribution in [-0.2, 0) is 0 Å². The summed E-state index contributed by atoms with van der Waals surface area (Å²) in [5.41, 5.74) is 2.04. The van der Waals surface area contributed by atoms with Gasteiger partial charge >= 0.3 is 6.03 Å². The molecule has 0 aliphatic carbocycles. The first-order valence-corrected chi connectivity index (χ1v) is 7.09. The van der Waals surface area contributed by atoms with Crippen molar-refractivity contribution in [2.24, 2.45) is 0 Å². The van der Waals surface area contributed by atoms with E-state index in [0.717, 1.165) is 30.8 Å². The van der Waals surface area contributed by atoms with E-state index < -0.39 is 0 Å². The van der Waals surface area contributed by atoms with Gasteiger partial charge in [-0.15, -0.1) is 0 Å². The summed E-state index contributed by atoms with van der Waals surface area (Å²) in [6, 6.07) is 9.06. The number of likely N-dealkylation sites (tertiary alicyclic amines) is 1. The fourth-order valence-corrected chi connectivity index (χ4v) is 3.05. The molecular formula is C15H21N3O. The van der Waals surface area contributed by atoms with Crippen molar-refractivity contribution in [3.8, 4) is 0 Å². The molecule has 2 heterocycles. The Labute approximate surface area is 114 Å². The molecule has 1 aromatic carbocycles. The topological polar surface area (TPSA) is 44.4 Å². The number of carbonyl (C=O) groups is 1. The largest absolute Gasteiger partial charge is 0.323 e. The maximum absolute atomic E-state index is 12.3. The molecule has 3 rings (SSSR count). The van der Waals surface area contributed by atoms with Crippen LogP contribution in [0, 0.1) is 6.92 Å². The molecule has 4 nitrogen and oxygen atoms in total. The number of fused-ring (bicyclic) bond motifs is 2. The number of amides is 2. The van der Waals surface area contributed by atoms with E-state index in [9.17, 15) is 4.79 Å². The summed E-state index contributed by atoms with van der Waals surface area (Å²) in [5, 5.41) is 6.59. The van der Waals surface area contributed by atoms with Gasteiger partial charge in [0, 0.05) is 30.9 Å². The molecule has 0 radical (unpaired) electrons. The van der Waals surface area contributed by atoms with Crippen molar-refractivity contribution < 1.29 is 4.79 Å². The minimum Gasteiger partial charge on any atom is -0.323 e. The van der Waals surface area contributed by atoms with Crippen molar-refractivity contribution in [2.75, 3.05) is 18.4 Å². The first kappa shape index (κ1) is 12.5. The van der Waals surface area contributed by atoms with E-state index in [-0.39, 0.29) is 6.03 Å². The predicted octanol–water partition coefficient (Wildman–Crippen LogP) is 2.35. The molecule has 102 valence electrons. The van der Waals surface area contributed by atoms with Gasteiger partial charge in [0.1, 0.15) is 0 Å². The van der Waals surface area contributed by atoms with Crippen molar-refractivity contribution in [1.82, 2.24) is 10.2 Å². The highest BCUT2D eigenvalue weighted by Crippen LogP contribution is 2.21. The second kappa shape index (κ2) is 5.21. The fraction of sp³-hybridized carbons (Fsp3) is 0.533. The second-order valence-corrected chi connectivity index (χ2v) is 5.67. The average molecular weight is 259 g/mol. The van der Waals surface area contributed by atoms with Crippen LogP contribution < -0.4 is 10.6 Å². The molecule has 2 N–H and O–H groups in total. The van der Waals surface area contributed by atoms with Crippen LogP contribution in [0.3, 0.4) is 0 Å². The molecule has 2 aliphatic heterocycles. The van der Waals surface area contributed by atoms with Gasteiger partial charge < -0.3 is 15.5 Å². The Morgan fingerprint density at radius 1 is 1.32 bits per heavy atom. The number of nitrogens with zero attached hydrogens (tertiary/aromatic N) is 1. The first-order valence-electron chi connectivity index (χ1n) is 7.09. The Morgan fingerprint density at radius 2 is 2.16 bits per heavy atom. The van der Waals surface area contributed by atoms with Crippen LogP contribution in [0.2, 0.25) is 0 Å². The third-order valence-corrected chi connectivity index (χ3v) is 4.08. The Morgan fingerprint density at radius 3 is 3.00 bits per heavy atom. The highest BCUT2D eigenvalue weighted by atomic mass is 16.2. The van der Waals surface area contributed by atoms with Gasteiger partial charge in [-0.05, 0) is 43.9 Å². The van der Waals surface area contributed by atoms with E-state index in [2.05, 4.69) is 10.6 Å². The van der Waals surface area contributed by atoms with Crippen LogP contribution in [0.5, 0.6) is 0 Å². The molecule has 0 aromatic heterocycles. The van der Waals surface area contributed by atoms with E-state index in [1.54, 1.807) is 0 Å².